The van der Waals surface area contributed by atoms with Gasteiger partial charge in [-0.25, -0.2) is 0 Å². The smallest absolute Gasteiger partial charge is 0.251 e. The first-order valence-electron chi connectivity index (χ1n) is 6.78. The third-order valence-electron chi connectivity index (χ3n) is 3.75. The monoisotopic (exact) mass is 272 g/mol. The van der Waals surface area contributed by atoms with E-state index in [9.17, 15) is 4.79 Å². The molecular weight excluding hydrogens is 252 g/mol. The van der Waals surface area contributed by atoms with E-state index in [1.807, 2.05) is 26.0 Å². The standard InChI is InChI=1S/C16H20N2O2/c1-12-16(2,8-10-20-12)18-15(19)14-7-3-5-13(11-14)6-4-9-17/h3,5,7,11-12H,8-10,17H2,1-2H3,(H,18,19). The van der Waals surface area contributed by atoms with Crippen molar-refractivity contribution in [1.82, 2.24) is 5.32 Å². The van der Waals surface area contributed by atoms with Crippen molar-refractivity contribution in [3.05, 3.63) is 35.4 Å². The predicted molar refractivity (Wildman–Crippen MR) is 78.3 cm³/mol. The van der Waals surface area contributed by atoms with Crippen molar-refractivity contribution in [2.24, 2.45) is 5.73 Å². The summed E-state index contributed by atoms with van der Waals surface area (Å²) in [5, 5.41) is 3.07. The number of ether oxygens (including phenoxy) is 1. The van der Waals surface area contributed by atoms with E-state index in [1.54, 1.807) is 12.1 Å². The molecule has 1 heterocycles. The van der Waals surface area contributed by atoms with Crippen LogP contribution in [-0.4, -0.2) is 30.7 Å². The summed E-state index contributed by atoms with van der Waals surface area (Å²) in [5.74, 6) is 5.62. The zero-order valence-electron chi connectivity index (χ0n) is 11.9. The summed E-state index contributed by atoms with van der Waals surface area (Å²) < 4.78 is 5.53. The number of hydrogen-bond acceptors (Lipinski definition) is 3. The van der Waals surface area contributed by atoms with Gasteiger partial charge in [0.25, 0.3) is 5.91 Å². The first-order valence-corrected chi connectivity index (χ1v) is 6.78. The molecule has 1 aromatic carbocycles. The van der Waals surface area contributed by atoms with E-state index in [0.717, 1.165) is 12.0 Å². The summed E-state index contributed by atoms with van der Waals surface area (Å²) in [6.45, 7) is 4.99. The van der Waals surface area contributed by atoms with E-state index in [2.05, 4.69) is 17.2 Å². The van der Waals surface area contributed by atoms with Gasteiger partial charge in [0.15, 0.2) is 0 Å². The van der Waals surface area contributed by atoms with Gasteiger partial charge < -0.3 is 15.8 Å². The van der Waals surface area contributed by atoms with Gasteiger partial charge in [-0.1, -0.05) is 17.9 Å². The van der Waals surface area contributed by atoms with Crippen molar-refractivity contribution in [3.63, 3.8) is 0 Å². The van der Waals surface area contributed by atoms with Gasteiger partial charge in [0.1, 0.15) is 0 Å². The van der Waals surface area contributed by atoms with Gasteiger partial charge in [0.2, 0.25) is 0 Å². The number of hydrogen-bond donors (Lipinski definition) is 2. The molecule has 0 radical (unpaired) electrons. The summed E-state index contributed by atoms with van der Waals surface area (Å²) in [7, 11) is 0. The lowest BCUT2D eigenvalue weighted by molar-refractivity contribution is 0.0727. The highest BCUT2D eigenvalue weighted by Crippen LogP contribution is 2.25. The molecule has 1 fully saturated rings. The van der Waals surface area contributed by atoms with Gasteiger partial charge in [-0.05, 0) is 38.5 Å². The van der Waals surface area contributed by atoms with Gasteiger partial charge in [-0.2, -0.15) is 0 Å². The number of benzene rings is 1. The molecule has 4 nitrogen and oxygen atoms in total. The zero-order chi connectivity index (χ0) is 14.6. The second kappa shape index (κ2) is 6.08. The van der Waals surface area contributed by atoms with Crippen molar-refractivity contribution in [2.75, 3.05) is 13.2 Å². The summed E-state index contributed by atoms with van der Waals surface area (Å²) in [6, 6.07) is 7.25. The van der Waals surface area contributed by atoms with E-state index in [1.165, 1.54) is 0 Å². The zero-order valence-corrected chi connectivity index (χ0v) is 11.9. The number of carbonyl (C=O) groups is 1. The fraction of sp³-hybridized carbons (Fsp3) is 0.438. The highest BCUT2D eigenvalue weighted by molar-refractivity contribution is 5.95. The Kier molecular flexibility index (Phi) is 4.43. The molecular formula is C16H20N2O2. The van der Waals surface area contributed by atoms with Crippen LogP contribution in [0, 0.1) is 11.8 Å². The maximum Gasteiger partial charge on any atom is 0.251 e. The Hall–Kier alpha value is -1.83. The Morgan fingerprint density at radius 1 is 1.60 bits per heavy atom. The predicted octanol–water partition coefficient (Wildman–Crippen LogP) is 1.29. The maximum absolute atomic E-state index is 12.3. The molecule has 1 amide bonds. The Morgan fingerprint density at radius 2 is 2.40 bits per heavy atom. The Bertz CT molecular complexity index is 559. The van der Waals surface area contributed by atoms with Crippen LogP contribution >= 0.6 is 0 Å². The number of nitrogens with one attached hydrogen (secondary N) is 1. The molecule has 1 saturated heterocycles. The Labute approximate surface area is 119 Å². The highest BCUT2D eigenvalue weighted by atomic mass is 16.5. The van der Waals surface area contributed by atoms with E-state index in [0.29, 0.717) is 18.7 Å². The van der Waals surface area contributed by atoms with Crippen LogP contribution in [0.4, 0.5) is 0 Å². The minimum Gasteiger partial charge on any atom is -0.376 e. The van der Waals surface area contributed by atoms with Crippen molar-refractivity contribution in [3.8, 4) is 11.8 Å². The molecule has 2 atom stereocenters. The number of amides is 1. The van der Waals surface area contributed by atoms with Crippen LogP contribution in [0.15, 0.2) is 24.3 Å². The molecule has 0 saturated carbocycles. The largest absolute Gasteiger partial charge is 0.376 e. The first kappa shape index (κ1) is 14.6. The summed E-state index contributed by atoms with van der Waals surface area (Å²) >= 11 is 0. The SMILES string of the molecule is CC1OCCC1(C)NC(=O)c1cccc(C#CCN)c1. The number of rotatable bonds is 2. The van der Waals surface area contributed by atoms with Crippen molar-refractivity contribution in [2.45, 2.75) is 31.9 Å². The third kappa shape index (κ3) is 3.19. The van der Waals surface area contributed by atoms with Gasteiger partial charge in [0.05, 0.1) is 18.2 Å². The molecule has 3 N–H and O–H groups in total. The van der Waals surface area contributed by atoms with Crippen LogP contribution < -0.4 is 11.1 Å². The lowest BCUT2D eigenvalue weighted by Gasteiger charge is -2.28. The van der Waals surface area contributed by atoms with Crippen LogP contribution in [0.5, 0.6) is 0 Å². The molecule has 20 heavy (non-hydrogen) atoms. The van der Waals surface area contributed by atoms with E-state index >= 15 is 0 Å². The second-order valence-corrected chi connectivity index (χ2v) is 5.22. The van der Waals surface area contributed by atoms with E-state index in [4.69, 9.17) is 10.5 Å². The Morgan fingerprint density at radius 3 is 3.05 bits per heavy atom. The topological polar surface area (TPSA) is 64.3 Å². The molecule has 106 valence electrons. The number of carbonyl (C=O) groups excluding carboxylic acids is 1. The third-order valence-corrected chi connectivity index (χ3v) is 3.75. The minimum atomic E-state index is -0.309. The van der Waals surface area contributed by atoms with Crippen LogP contribution in [0.3, 0.4) is 0 Å². The van der Waals surface area contributed by atoms with Gasteiger partial charge in [-0.15, -0.1) is 0 Å². The number of nitrogens with two attached hydrogens (primary N) is 1. The molecule has 0 bridgehead atoms. The fourth-order valence-corrected chi connectivity index (χ4v) is 2.22. The molecule has 2 rings (SSSR count). The van der Waals surface area contributed by atoms with E-state index in [-0.39, 0.29) is 17.6 Å². The molecule has 0 aliphatic carbocycles. The summed E-state index contributed by atoms with van der Waals surface area (Å²) in [5.41, 5.74) is 6.44. The van der Waals surface area contributed by atoms with Crippen LogP contribution in [0.2, 0.25) is 0 Å². The maximum atomic E-state index is 12.3. The molecule has 4 heteroatoms. The van der Waals surface area contributed by atoms with Crippen molar-refractivity contribution in [1.29, 1.82) is 0 Å². The molecule has 1 aliphatic heterocycles. The van der Waals surface area contributed by atoms with Crippen molar-refractivity contribution >= 4 is 5.91 Å². The van der Waals surface area contributed by atoms with Crippen molar-refractivity contribution < 1.29 is 9.53 Å². The second-order valence-electron chi connectivity index (χ2n) is 5.22. The average molecular weight is 272 g/mol. The molecule has 0 aromatic heterocycles. The molecule has 1 aromatic rings. The summed E-state index contributed by atoms with van der Waals surface area (Å²) in [4.78, 5) is 12.3. The average Bonchev–Trinajstić information content (AvgIpc) is 2.76. The van der Waals surface area contributed by atoms with Crippen LogP contribution in [0.25, 0.3) is 0 Å². The van der Waals surface area contributed by atoms with Gasteiger partial charge >= 0.3 is 0 Å². The first-order chi connectivity index (χ1) is 9.55. The highest BCUT2D eigenvalue weighted by Gasteiger charge is 2.38. The lowest BCUT2D eigenvalue weighted by Crippen LogP contribution is -2.50. The lowest BCUT2D eigenvalue weighted by atomic mass is 9.94. The Balaban J connectivity index is 2.13. The van der Waals surface area contributed by atoms with Crippen LogP contribution in [-0.2, 0) is 4.74 Å². The molecule has 2 unspecified atom stereocenters. The van der Waals surface area contributed by atoms with Gasteiger partial charge in [0, 0.05) is 17.7 Å². The summed E-state index contributed by atoms with van der Waals surface area (Å²) in [6.07, 6.45) is 0.846. The van der Waals surface area contributed by atoms with Crippen LogP contribution in [0.1, 0.15) is 36.2 Å². The normalized spacial score (nSPS) is 24.9. The molecule has 0 spiro atoms. The van der Waals surface area contributed by atoms with Gasteiger partial charge in [-0.3, -0.25) is 4.79 Å². The fourth-order valence-electron chi connectivity index (χ4n) is 2.22. The minimum absolute atomic E-state index is 0.0201. The molecule has 1 aliphatic rings. The van der Waals surface area contributed by atoms with E-state index < -0.39 is 0 Å². The quantitative estimate of drug-likeness (QED) is 0.797.